The summed E-state index contributed by atoms with van der Waals surface area (Å²) in [6.07, 6.45) is 1.53. The number of ether oxygens (including phenoxy) is 4. The van der Waals surface area contributed by atoms with E-state index < -0.39 is 23.6 Å². The number of amides is 4. The summed E-state index contributed by atoms with van der Waals surface area (Å²) >= 11 is 0.736. The zero-order valence-electron chi connectivity index (χ0n) is 24.4. The van der Waals surface area contributed by atoms with Gasteiger partial charge in [0, 0.05) is 17.4 Å². The van der Waals surface area contributed by atoms with E-state index in [4.69, 9.17) is 18.9 Å². The summed E-state index contributed by atoms with van der Waals surface area (Å²) in [5, 5.41) is 5.00. The third-order valence-corrected chi connectivity index (χ3v) is 7.61. The maximum absolute atomic E-state index is 13.0. The van der Waals surface area contributed by atoms with Crippen molar-refractivity contribution in [3.05, 3.63) is 76.7 Å². The number of nitrogens with zero attached hydrogens (tertiary/aromatic N) is 1. The fraction of sp³-hybridized carbons (Fsp3) is 0.250. The number of carbonyl (C=O) groups excluding carboxylic acids is 4. The summed E-state index contributed by atoms with van der Waals surface area (Å²) in [6.45, 7) is 4.26. The van der Waals surface area contributed by atoms with Crippen LogP contribution < -0.4 is 29.6 Å². The summed E-state index contributed by atoms with van der Waals surface area (Å²) in [6, 6.07) is 17.5. The van der Waals surface area contributed by atoms with E-state index in [2.05, 4.69) is 24.5 Å². The Bertz CT molecular complexity index is 1640. The molecule has 0 unspecified atom stereocenters. The van der Waals surface area contributed by atoms with Crippen molar-refractivity contribution >= 4 is 52.2 Å². The molecule has 11 nitrogen and oxygen atoms in total. The quantitative estimate of drug-likeness (QED) is 0.292. The van der Waals surface area contributed by atoms with Gasteiger partial charge in [0.1, 0.15) is 19.8 Å². The summed E-state index contributed by atoms with van der Waals surface area (Å²) in [5.74, 6) is 0.551. The van der Waals surface area contributed by atoms with Gasteiger partial charge in [-0.25, -0.2) is 0 Å². The Hall–Kier alpha value is -4.97. The Balaban J connectivity index is 1.19. The van der Waals surface area contributed by atoms with Gasteiger partial charge in [-0.3, -0.25) is 24.1 Å². The number of carbonyl (C=O) groups is 4. The van der Waals surface area contributed by atoms with E-state index in [0.717, 1.165) is 27.9 Å². The number of imide groups is 1. The van der Waals surface area contributed by atoms with E-state index in [9.17, 15) is 19.2 Å². The van der Waals surface area contributed by atoms with E-state index in [1.165, 1.54) is 13.2 Å². The van der Waals surface area contributed by atoms with Crippen molar-refractivity contribution < 1.29 is 38.1 Å². The van der Waals surface area contributed by atoms with Crippen molar-refractivity contribution in [1.29, 1.82) is 0 Å². The molecule has 44 heavy (non-hydrogen) atoms. The predicted octanol–water partition coefficient (Wildman–Crippen LogP) is 5.28. The SMILES string of the molecule is COc1cc(/C=C2\SC(=O)N(CC(=O)Nc3ccc4c(c3)OCCO4)C2=O)ccc1OCC(=O)Nc1ccccc1C(C)C. The van der Waals surface area contributed by atoms with Crippen molar-refractivity contribution in [3.8, 4) is 23.0 Å². The number of anilines is 2. The smallest absolute Gasteiger partial charge is 0.294 e. The minimum Gasteiger partial charge on any atom is -0.493 e. The lowest BCUT2D eigenvalue weighted by atomic mass is 10.0. The maximum atomic E-state index is 13.0. The number of para-hydroxylation sites is 1. The van der Waals surface area contributed by atoms with E-state index in [1.807, 2.05) is 24.3 Å². The number of hydrogen-bond acceptors (Lipinski definition) is 9. The second-order valence-corrected chi connectivity index (χ2v) is 11.2. The second kappa shape index (κ2) is 13.6. The average molecular weight is 618 g/mol. The lowest BCUT2D eigenvalue weighted by Gasteiger charge is -2.19. The second-order valence-electron chi connectivity index (χ2n) is 10.2. The Kier molecular flexibility index (Phi) is 9.39. The van der Waals surface area contributed by atoms with Gasteiger partial charge >= 0.3 is 0 Å². The molecule has 228 valence electrons. The van der Waals surface area contributed by atoms with Crippen LogP contribution in [-0.4, -0.2) is 61.3 Å². The largest absolute Gasteiger partial charge is 0.493 e. The van der Waals surface area contributed by atoms with Crippen LogP contribution in [0.4, 0.5) is 16.2 Å². The van der Waals surface area contributed by atoms with Crippen LogP contribution in [0, 0.1) is 0 Å². The average Bonchev–Trinajstić information content (AvgIpc) is 3.27. The zero-order chi connectivity index (χ0) is 31.2. The number of thioether (sulfide) groups is 1. The third-order valence-electron chi connectivity index (χ3n) is 6.70. The first-order valence-corrected chi connectivity index (χ1v) is 14.7. The van der Waals surface area contributed by atoms with E-state index in [-0.39, 0.29) is 23.3 Å². The molecule has 2 aliphatic rings. The molecule has 0 atom stereocenters. The highest BCUT2D eigenvalue weighted by Gasteiger charge is 2.36. The Morgan fingerprint density at radius 1 is 0.955 bits per heavy atom. The maximum Gasteiger partial charge on any atom is 0.294 e. The van der Waals surface area contributed by atoms with Gasteiger partial charge in [-0.1, -0.05) is 38.1 Å². The molecule has 4 amide bonds. The lowest BCUT2D eigenvalue weighted by Crippen LogP contribution is -2.36. The molecular weight excluding hydrogens is 586 g/mol. The zero-order valence-corrected chi connectivity index (χ0v) is 25.2. The molecular formula is C32H31N3O8S. The molecule has 0 radical (unpaired) electrons. The molecule has 1 saturated heterocycles. The molecule has 0 saturated carbocycles. The molecule has 0 spiro atoms. The highest BCUT2D eigenvalue weighted by Crippen LogP contribution is 2.35. The standard InChI is InChI=1S/C32H31N3O8S/c1-19(2)22-6-4-5-7-23(22)34-30(37)18-43-24-10-8-20(14-26(24)40-3)15-28-31(38)35(32(39)44-28)17-29(36)33-21-9-11-25-27(16-21)42-13-12-41-25/h4-11,14-16,19H,12-13,17-18H2,1-3H3,(H,33,36)(H,34,37)/b28-15-. The van der Waals surface area contributed by atoms with Crippen molar-refractivity contribution in [1.82, 2.24) is 4.90 Å². The number of nitrogens with one attached hydrogen (secondary N) is 2. The molecule has 2 aliphatic heterocycles. The van der Waals surface area contributed by atoms with Gasteiger partial charge in [0.25, 0.3) is 17.1 Å². The highest BCUT2D eigenvalue weighted by atomic mass is 32.2. The van der Waals surface area contributed by atoms with Crippen LogP contribution in [0.25, 0.3) is 6.08 Å². The van der Waals surface area contributed by atoms with Gasteiger partial charge in [-0.15, -0.1) is 0 Å². The summed E-state index contributed by atoms with van der Waals surface area (Å²) in [7, 11) is 1.46. The summed E-state index contributed by atoms with van der Waals surface area (Å²) in [5.41, 5.74) is 2.77. The first-order valence-electron chi connectivity index (χ1n) is 13.9. The van der Waals surface area contributed by atoms with Crippen LogP contribution in [0.1, 0.15) is 30.9 Å². The monoisotopic (exact) mass is 617 g/mol. The Morgan fingerprint density at radius 3 is 2.50 bits per heavy atom. The minimum atomic E-state index is -0.588. The molecule has 3 aromatic rings. The summed E-state index contributed by atoms with van der Waals surface area (Å²) < 4.78 is 22.2. The van der Waals surface area contributed by atoms with Gasteiger partial charge in [-0.2, -0.15) is 0 Å². The molecule has 0 bridgehead atoms. The van der Waals surface area contributed by atoms with E-state index in [1.54, 1.807) is 36.4 Å². The predicted molar refractivity (Wildman–Crippen MR) is 166 cm³/mol. The number of methoxy groups -OCH3 is 1. The van der Waals surface area contributed by atoms with Crippen LogP contribution in [-0.2, 0) is 14.4 Å². The Labute approximate surface area is 258 Å². The lowest BCUT2D eigenvalue weighted by molar-refractivity contribution is -0.127. The molecule has 2 N–H and O–H groups in total. The normalized spacial score (nSPS) is 15.0. The van der Waals surface area contributed by atoms with Gasteiger partial charge in [-0.05, 0) is 65.2 Å². The molecule has 2 heterocycles. The Morgan fingerprint density at radius 2 is 1.73 bits per heavy atom. The fourth-order valence-corrected chi connectivity index (χ4v) is 5.43. The van der Waals surface area contributed by atoms with Crippen molar-refractivity contribution in [3.63, 3.8) is 0 Å². The van der Waals surface area contributed by atoms with Gasteiger partial charge < -0.3 is 29.6 Å². The number of rotatable bonds is 10. The molecule has 0 aromatic heterocycles. The van der Waals surface area contributed by atoms with Crippen LogP contribution in [0.2, 0.25) is 0 Å². The van der Waals surface area contributed by atoms with Crippen molar-refractivity contribution in [2.75, 3.05) is 44.1 Å². The minimum absolute atomic E-state index is 0.154. The molecule has 3 aromatic carbocycles. The van der Waals surface area contributed by atoms with Gasteiger partial charge in [0.2, 0.25) is 5.91 Å². The number of hydrogen-bond donors (Lipinski definition) is 2. The number of fused-ring (bicyclic) bond motifs is 1. The molecule has 12 heteroatoms. The first-order chi connectivity index (χ1) is 21.2. The topological polar surface area (TPSA) is 133 Å². The van der Waals surface area contributed by atoms with E-state index in [0.29, 0.717) is 47.5 Å². The van der Waals surface area contributed by atoms with Gasteiger partial charge in [0.05, 0.1) is 12.0 Å². The van der Waals surface area contributed by atoms with E-state index >= 15 is 0 Å². The van der Waals surface area contributed by atoms with Crippen LogP contribution >= 0.6 is 11.8 Å². The van der Waals surface area contributed by atoms with Crippen molar-refractivity contribution in [2.24, 2.45) is 0 Å². The molecule has 1 fully saturated rings. The fourth-order valence-electron chi connectivity index (χ4n) is 4.59. The highest BCUT2D eigenvalue weighted by molar-refractivity contribution is 8.18. The molecule has 0 aliphatic carbocycles. The number of benzene rings is 3. The first kappa shape index (κ1) is 30.5. The van der Waals surface area contributed by atoms with Crippen LogP contribution in [0.15, 0.2) is 65.6 Å². The third kappa shape index (κ3) is 7.14. The molecule has 5 rings (SSSR count). The van der Waals surface area contributed by atoms with Gasteiger partial charge in [0.15, 0.2) is 29.6 Å². The van der Waals surface area contributed by atoms with Crippen LogP contribution in [0.5, 0.6) is 23.0 Å². The van der Waals surface area contributed by atoms with Crippen molar-refractivity contribution in [2.45, 2.75) is 19.8 Å². The van der Waals surface area contributed by atoms with Crippen LogP contribution in [0.3, 0.4) is 0 Å². The summed E-state index contributed by atoms with van der Waals surface area (Å²) in [4.78, 5) is 51.9.